The molecule has 0 heterocycles. The Morgan fingerprint density at radius 2 is 1.46 bits per heavy atom. The van der Waals surface area contributed by atoms with Crippen LogP contribution in [-0.4, -0.2) is 25.8 Å². The molecule has 0 N–H and O–H groups in total. The first kappa shape index (κ1) is 18.6. The molecule has 3 nitrogen and oxygen atoms in total. The van der Waals surface area contributed by atoms with Crippen molar-refractivity contribution in [1.29, 1.82) is 0 Å². The van der Waals surface area contributed by atoms with Crippen LogP contribution >= 0.6 is 0 Å². The lowest BCUT2D eigenvalue weighted by molar-refractivity contribution is -0.114. The van der Waals surface area contributed by atoms with Gasteiger partial charge in [-0.05, 0) is 45.4 Å². The van der Waals surface area contributed by atoms with E-state index in [2.05, 4.69) is 0 Å². The molecule has 0 aromatic heterocycles. The van der Waals surface area contributed by atoms with Gasteiger partial charge in [0.2, 0.25) is 0 Å². The monoisotopic (exact) mass is 325 g/mol. The molecule has 0 aliphatic carbocycles. The quantitative estimate of drug-likeness (QED) is 0.692. The number of methoxy groups -OCH3 is 1. The average Bonchev–Trinajstić information content (AvgIpc) is 2.60. The van der Waals surface area contributed by atoms with Gasteiger partial charge in [0, 0.05) is 7.11 Å². The van der Waals surface area contributed by atoms with E-state index < -0.39 is 5.60 Å². The van der Waals surface area contributed by atoms with Crippen LogP contribution in [0.5, 0.6) is 5.75 Å². The summed E-state index contributed by atoms with van der Waals surface area (Å²) >= 11 is 0. The Bertz CT molecular complexity index is 621. The second kappa shape index (κ2) is 7.86. The van der Waals surface area contributed by atoms with Gasteiger partial charge in [-0.25, -0.2) is 0 Å². The first-order valence-electron chi connectivity index (χ1n) is 8.17. The number of ether oxygens (including phenoxy) is 2. The Labute approximate surface area is 146 Å². The highest BCUT2D eigenvalue weighted by Gasteiger charge is 2.37. The fourth-order valence-electron chi connectivity index (χ4n) is 1.98. The molecule has 127 valence electrons. The van der Waals surface area contributed by atoms with Crippen molar-refractivity contribution >= 4 is 12.9 Å². The maximum absolute atomic E-state index is 5.96. The van der Waals surface area contributed by atoms with Crippen molar-refractivity contribution in [1.82, 2.24) is 0 Å². The van der Waals surface area contributed by atoms with Gasteiger partial charge in [-0.1, -0.05) is 47.9 Å². The van der Waals surface area contributed by atoms with Crippen molar-refractivity contribution < 1.29 is 14.1 Å². The van der Waals surface area contributed by atoms with E-state index in [1.165, 1.54) is 0 Å². The third kappa shape index (κ3) is 4.86. The summed E-state index contributed by atoms with van der Waals surface area (Å²) in [6.45, 7) is 8.63. The normalized spacial score (nSPS) is 12.0. The van der Waals surface area contributed by atoms with Gasteiger partial charge in [0.25, 0.3) is 0 Å². The zero-order chi connectivity index (χ0) is 17.6. The molecule has 2 aromatic rings. The fourth-order valence-corrected chi connectivity index (χ4v) is 1.98. The first-order valence-corrected chi connectivity index (χ1v) is 8.17. The summed E-state index contributed by atoms with van der Waals surface area (Å²) in [6.07, 6.45) is 0. The van der Waals surface area contributed by atoms with E-state index >= 15 is 0 Å². The zero-order valence-electron chi connectivity index (χ0n) is 15.2. The van der Waals surface area contributed by atoms with E-state index in [9.17, 15) is 0 Å². The number of benzene rings is 2. The summed E-state index contributed by atoms with van der Waals surface area (Å²) in [5.41, 5.74) is 1.31. The summed E-state index contributed by atoms with van der Waals surface area (Å²) < 4.78 is 17.2. The van der Waals surface area contributed by atoms with Crippen LogP contribution in [0.15, 0.2) is 54.6 Å². The van der Waals surface area contributed by atoms with E-state index in [1.807, 2.05) is 82.3 Å². The molecule has 1 radical (unpaired) electrons. The minimum absolute atomic E-state index is 0.382. The highest BCUT2D eigenvalue weighted by molar-refractivity contribution is 6.47. The van der Waals surface area contributed by atoms with Crippen LogP contribution in [0.4, 0.5) is 0 Å². The summed E-state index contributed by atoms with van der Waals surface area (Å²) in [4.78, 5) is 0. The van der Waals surface area contributed by atoms with E-state index in [-0.39, 0.29) is 5.60 Å². The van der Waals surface area contributed by atoms with Gasteiger partial charge in [0.05, 0.1) is 11.2 Å². The summed E-state index contributed by atoms with van der Waals surface area (Å²) in [5.74, 6) is 0.875. The minimum atomic E-state index is -0.434. The largest absolute Gasteiger partial charge is 0.489 e. The summed E-state index contributed by atoms with van der Waals surface area (Å²) in [5, 5.41) is 0. The molecule has 0 unspecified atom stereocenters. The molecule has 0 aliphatic rings. The molecule has 0 fully saturated rings. The van der Waals surface area contributed by atoms with Crippen LogP contribution in [0.3, 0.4) is 0 Å². The molecule has 2 aromatic carbocycles. The molecule has 0 bridgehead atoms. The van der Waals surface area contributed by atoms with Gasteiger partial charge in [0.1, 0.15) is 12.4 Å². The Hall–Kier alpha value is -1.78. The van der Waals surface area contributed by atoms with Crippen molar-refractivity contribution in [3.05, 3.63) is 60.2 Å². The van der Waals surface area contributed by atoms with Gasteiger partial charge in [-0.3, -0.25) is 0 Å². The van der Waals surface area contributed by atoms with Crippen LogP contribution in [0.25, 0.3) is 0 Å². The number of hydrogen-bond acceptors (Lipinski definition) is 3. The van der Waals surface area contributed by atoms with Crippen LogP contribution in [0, 0.1) is 0 Å². The first-order chi connectivity index (χ1) is 11.3. The van der Waals surface area contributed by atoms with Crippen molar-refractivity contribution in [3.63, 3.8) is 0 Å². The number of hydrogen-bond donors (Lipinski definition) is 0. The van der Waals surface area contributed by atoms with Gasteiger partial charge in [-0.2, -0.15) is 0 Å². The van der Waals surface area contributed by atoms with Crippen LogP contribution in [-0.2, 0) is 16.0 Å². The molecule has 2 rings (SSSR count). The van der Waals surface area contributed by atoms with E-state index in [0.29, 0.717) is 6.61 Å². The van der Waals surface area contributed by atoms with Crippen molar-refractivity contribution in [3.8, 4) is 5.75 Å². The topological polar surface area (TPSA) is 27.7 Å². The van der Waals surface area contributed by atoms with Crippen molar-refractivity contribution in [2.24, 2.45) is 0 Å². The SMILES string of the molecule is COC(C)(C)C(C)(C)O[B]c1ccc(COc2ccccc2)cc1. The summed E-state index contributed by atoms with van der Waals surface area (Å²) in [6, 6.07) is 18.0. The lowest BCUT2D eigenvalue weighted by Gasteiger charge is -2.40. The molecular weight excluding hydrogens is 299 g/mol. The van der Waals surface area contributed by atoms with Gasteiger partial charge >= 0.3 is 7.48 Å². The lowest BCUT2D eigenvalue weighted by atomic mass is 9.82. The highest BCUT2D eigenvalue weighted by Crippen LogP contribution is 2.27. The molecule has 0 amide bonds. The van der Waals surface area contributed by atoms with Crippen LogP contribution in [0.2, 0.25) is 0 Å². The molecule has 0 saturated carbocycles. The maximum atomic E-state index is 5.96. The average molecular weight is 325 g/mol. The zero-order valence-corrected chi connectivity index (χ0v) is 15.2. The Morgan fingerprint density at radius 3 is 2.04 bits per heavy atom. The number of rotatable bonds is 8. The standard InChI is InChI=1S/C20H26BO3/c1-19(2,22-5)20(3,4)24-21-17-13-11-16(12-14-17)15-23-18-9-7-6-8-10-18/h6-14H,15H2,1-5H3. The van der Waals surface area contributed by atoms with Gasteiger partial charge < -0.3 is 14.1 Å². The van der Waals surface area contributed by atoms with E-state index in [1.54, 1.807) is 14.6 Å². The van der Waals surface area contributed by atoms with Gasteiger partial charge in [-0.15, -0.1) is 0 Å². The Balaban J connectivity index is 1.88. The number of para-hydroxylation sites is 1. The van der Waals surface area contributed by atoms with Gasteiger partial charge in [0.15, 0.2) is 0 Å². The Kier molecular flexibility index (Phi) is 6.08. The molecule has 4 heteroatoms. The predicted octanol–water partition coefficient (Wildman–Crippen LogP) is 3.73. The molecule has 0 aliphatic heterocycles. The second-order valence-electron chi connectivity index (χ2n) is 6.80. The minimum Gasteiger partial charge on any atom is -0.489 e. The second-order valence-corrected chi connectivity index (χ2v) is 6.80. The molecule has 24 heavy (non-hydrogen) atoms. The molecule has 0 spiro atoms. The summed E-state index contributed by atoms with van der Waals surface area (Å²) in [7, 11) is 3.48. The molecule has 0 atom stereocenters. The molecule has 0 saturated heterocycles. The van der Waals surface area contributed by atoms with E-state index in [4.69, 9.17) is 14.1 Å². The van der Waals surface area contributed by atoms with Crippen molar-refractivity contribution in [2.45, 2.75) is 45.5 Å². The third-order valence-corrected chi connectivity index (χ3v) is 4.58. The maximum Gasteiger partial charge on any atom is 0.330 e. The van der Waals surface area contributed by atoms with Crippen LogP contribution in [0.1, 0.15) is 33.3 Å². The molecular formula is C20H26BO3. The predicted molar refractivity (Wildman–Crippen MR) is 98.9 cm³/mol. The Morgan fingerprint density at radius 1 is 0.833 bits per heavy atom. The fraction of sp³-hybridized carbons (Fsp3) is 0.400. The third-order valence-electron chi connectivity index (χ3n) is 4.58. The highest BCUT2D eigenvalue weighted by atomic mass is 16.5. The lowest BCUT2D eigenvalue weighted by Crippen LogP contribution is -2.50. The smallest absolute Gasteiger partial charge is 0.330 e. The van der Waals surface area contributed by atoms with E-state index in [0.717, 1.165) is 16.8 Å². The van der Waals surface area contributed by atoms with Crippen molar-refractivity contribution in [2.75, 3.05) is 7.11 Å². The van der Waals surface area contributed by atoms with Crippen LogP contribution < -0.4 is 10.2 Å².